The first-order valence-corrected chi connectivity index (χ1v) is 11.0. The lowest BCUT2D eigenvalue weighted by molar-refractivity contribution is -0.138. The fourth-order valence-corrected chi connectivity index (χ4v) is 4.20. The number of aliphatic carboxylic acids is 1. The molecule has 0 unspecified atom stereocenters. The maximum absolute atomic E-state index is 13.8. The smallest absolute Gasteiger partial charge is 0.320 e. The fourth-order valence-electron chi connectivity index (χ4n) is 4.20. The topological polar surface area (TPSA) is 127 Å². The number of aromatic nitrogens is 2. The molecule has 9 nitrogen and oxygen atoms in total. The summed E-state index contributed by atoms with van der Waals surface area (Å²) in [7, 11) is 1.37. The quantitative estimate of drug-likeness (QED) is 0.423. The Labute approximate surface area is 195 Å². The third-order valence-electron chi connectivity index (χ3n) is 5.97. The molecule has 0 bridgehead atoms. The van der Waals surface area contributed by atoms with Crippen LogP contribution in [0.2, 0.25) is 0 Å². The SMILES string of the molecule is COc1ccc(Nc2nnc(C(=O)Nc3ccc(C4CCC(CC(=O)O)CC4)cc3)o2)cc1F. The average Bonchev–Trinajstić information content (AvgIpc) is 3.29. The highest BCUT2D eigenvalue weighted by Gasteiger charge is 2.24. The molecule has 1 fully saturated rings. The number of nitrogens with zero attached hydrogens (tertiary/aromatic N) is 2. The molecule has 0 aliphatic heterocycles. The van der Waals surface area contributed by atoms with Crippen LogP contribution in [0.1, 0.15) is 54.3 Å². The van der Waals surface area contributed by atoms with Crippen LogP contribution in [0.5, 0.6) is 5.75 Å². The number of hydrogen-bond donors (Lipinski definition) is 3. The van der Waals surface area contributed by atoms with Gasteiger partial charge in [-0.2, -0.15) is 0 Å². The van der Waals surface area contributed by atoms with E-state index in [0.29, 0.717) is 17.3 Å². The molecule has 3 N–H and O–H groups in total. The molecule has 2 aromatic carbocycles. The highest BCUT2D eigenvalue weighted by molar-refractivity contribution is 6.00. The molecule has 1 saturated carbocycles. The summed E-state index contributed by atoms with van der Waals surface area (Å²) in [5.41, 5.74) is 2.11. The predicted octanol–water partition coefficient (Wildman–Crippen LogP) is 4.96. The first kappa shape index (κ1) is 23.2. The summed E-state index contributed by atoms with van der Waals surface area (Å²) in [6, 6.07) is 11.7. The van der Waals surface area contributed by atoms with Crippen molar-refractivity contribution in [3.63, 3.8) is 0 Å². The van der Waals surface area contributed by atoms with Crippen LogP contribution in [0.25, 0.3) is 0 Å². The number of halogens is 1. The van der Waals surface area contributed by atoms with Gasteiger partial charge in [0.25, 0.3) is 0 Å². The van der Waals surface area contributed by atoms with Gasteiger partial charge in [0.2, 0.25) is 0 Å². The van der Waals surface area contributed by atoms with Crippen LogP contribution in [0.15, 0.2) is 46.9 Å². The van der Waals surface area contributed by atoms with Crippen molar-refractivity contribution >= 4 is 29.3 Å². The Bertz CT molecular complexity index is 1160. The molecule has 1 amide bonds. The third-order valence-corrected chi connectivity index (χ3v) is 5.97. The summed E-state index contributed by atoms with van der Waals surface area (Å²) >= 11 is 0. The van der Waals surface area contributed by atoms with Crippen LogP contribution in [-0.4, -0.2) is 34.3 Å². The Morgan fingerprint density at radius 1 is 1.09 bits per heavy atom. The van der Waals surface area contributed by atoms with Crippen molar-refractivity contribution in [2.45, 2.75) is 38.0 Å². The molecular formula is C24H25FN4O5. The van der Waals surface area contributed by atoms with Crippen molar-refractivity contribution in [3.05, 3.63) is 59.7 Å². The first-order chi connectivity index (χ1) is 16.4. The number of amides is 1. The molecule has 1 heterocycles. The number of carbonyl (C=O) groups excluding carboxylic acids is 1. The molecule has 178 valence electrons. The Kier molecular flexibility index (Phi) is 7.05. The molecular weight excluding hydrogens is 443 g/mol. The summed E-state index contributed by atoms with van der Waals surface area (Å²) < 4.78 is 24.0. The lowest BCUT2D eigenvalue weighted by Crippen LogP contribution is -2.16. The second-order valence-electron chi connectivity index (χ2n) is 8.28. The van der Waals surface area contributed by atoms with Gasteiger partial charge in [0.05, 0.1) is 7.11 Å². The lowest BCUT2D eigenvalue weighted by Gasteiger charge is -2.28. The van der Waals surface area contributed by atoms with Crippen LogP contribution < -0.4 is 15.4 Å². The zero-order valence-corrected chi connectivity index (χ0v) is 18.6. The zero-order valence-electron chi connectivity index (χ0n) is 18.6. The Morgan fingerprint density at radius 2 is 1.79 bits per heavy atom. The largest absolute Gasteiger partial charge is 0.494 e. The summed E-state index contributed by atoms with van der Waals surface area (Å²) in [4.78, 5) is 23.4. The number of anilines is 3. The van der Waals surface area contributed by atoms with Gasteiger partial charge in [-0.1, -0.05) is 17.2 Å². The highest BCUT2D eigenvalue weighted by Crippen LogP contribution is 2.37. The summed E-state index contributed by atoms with van der Waals surface area (Å²) in [5.74, 6) is -1.34. The van der Waals surface area contributed by atoms with E-state index >= 15 is 0 Å². The molecule has 4 rings (SSSR count). The van der Waals surface area contributed by atoms with Crippen molar-refractivity contribution in [1.82, 2.24) is 10.2 Å². The van der Waals surface area contributed by atoms with Gasteiger partial charge in [-0.15, -0.1) is 5.10 Å². The standard InChI is InChI=1S/C24H25FN4O5/c1-33-20-11-10-18(13-19(20)25)27-24-29-28-23(34-24)22(32)26-17-8-6-16(7-9-17)15-4-2-14(3-5-15)12-21(30)31/h6-11,13-15H,2-5,12H2,1H3,(H,26,32)(H,27,29)(H,30,31). The number of carboxylic acids is 1. The van der Waals surface area contributed by atoms with Gasteiger partial charge < -0.3 is 24.9 Å². The number of benzene rings is 2. The molecule has 1 aromatic heterocycles. The first-order valence-electron chi connectivity index (χ1n) is 11.0. The molecule has 1 aliphatic rings. The minimum atomic E-state index is -0.734. The molecule has 1 aliphatic carbocycles. The van der Waals surface area contributed by atoms with Crippen molar-refractivity contribution in [3.8, 4) is 5.75 Å². The minimum absolute atomic E-state index is 0.0523. The Hall–Kier alpha value is -3.95. The lowest BCUT2D eigenvalue weighted by atomic mass is 9.77. The number of methoxy groups -OCH3 is 1. The van der Waals surface area contributed by atoms with Crippen LogP contribution in [0.3, 0.4) is 0 Å². The Balaban J connectivity index is 1.31. The number of nitrogens with one attached hydrogen (secondary N) is 2. The minimum Gasteiger partial charge on any atom is -0.494 e. The highest BCUT2D eigenvalue weighted by atomic mass is 19.1. The summed E-state index contributed by atoms with van der Waals surface area (Å²) in [5, 5.41) is 21.9. The van der Waals surface area contributed by atoms with E-state index in [2.05, 4.69) is 20.8 Å². The third kappa shape index (κ3) is 5.69. The molecule has 3 aromatic rings. The van der Waals surface area contributed by atoms with Gasteiger partial charge in [0, 0.05) is 23.9 Å². The van der Waals surface area contributed by atoms with E-state index in [1.54, 1.807) is 6.07 Å². The van der Waals surface area contributed by atoms with E-state index in [1.165, 1.54) is 24.8 Å². The number of hydrogen-bond acceptors (Lipinski definition) is 7. The van der Waals surface area contributed by atoms with Gasteiger partial charge in [-0.25, -0.2) is 4.39 Å². The second-order valence-corrected chi connectivity index (χ2v) is 8.28. The van der Waals surface area contributed by atoms with Crippen LogP contribution in [0.4, 0.5) is 21.8 Å². The normalized spacial score (nSPS) is 17.7. The van der Waals surface area contributed by atoms with E-state index in [0.717, 1.165) is 25.7 Å². The molecule has 10 heteroatoms. The number of rotatable bonds is 8. The number of ether oxygens (including phenoxy) is 1. The van der Waals surface area contributed by atoms with E-state index in [1.807, 2.05) is 24.3 Å². The monoisotopic (exact) mass is 468 g/mol. The fraction of sp³-hybridized carbons (Fsp3) is 0.333. The molecule has 34 heavy (non-hydrogen) atoms. The molecule has 0 saturated heterocycles. The molecule has 0 spiro atoms. The summed E-state index contributed by atoms with van der Waals surface area (Å²) in [6.07, 6.45) is 3.97. The van der Waals surface area contributed by atoms with Crippen molar-refractivity contribution in [2.75, 3.05) is 17.7 Å². The Morgan fingerprint density at radius 3 is 2.44 bits per heavy atom. The second kappa shape index (κ2) is 10.3. The van der Waals surface area contributed by atoms with Gasteiger partial charge in [-0.3, -0.25) is 9.59 Å². The van der Waals surface area contributed by atoms with E-state index in [9.17, 15) is 14.0 Å². The molecule has 0 radical (unpaired) electrons. The zero-order chi connectivity index (χ0) is 24.1. The van der Waals surface area contributed by atoms with E-state index in [-0.39, 0.29) is 30.0 Å². The van der Waals surface area contributed by atoms with Gasteiger partial charge in [-0.05, 0) is 67.3 Å². The van der Waals surface area contributed by atoms with Crippen LogP contribution in [-0.2, 0) is 4.79 Å². The van der Waals surface area contributed by atoms with Crippen LogP contribution in [0, 0.1) is 11.7 Å². The maximum Gasteiger partial charge on any atom is 0.320 e. The predicted molar refractivity (Wildman–Crippen MR) is 122 cm³/mol. The van der Waals surface area contributed by atoms with E-state index in [4.69, 9.17) is 14.3 Å². The van der Waals surface area contributed by atoms with Crippen molar-refractivity contribution in [2.24, 2.45) is 5.92 Å². The van der Waals surface area contributed by atoms with Gasteiger partial charge in [0.1, 0.15) is 0 Å². The van der Waals surface area contributed by atoms with E-state index < -0.39 is 17.7 Å². The van der Waals surface area contributed by atoms with Gasteiger partial charge >= 0.3 is 23.8 Å². The van der Waals surface area contributed by atoms with Gasteiger partial charge in [0.15, 0.2) is 11.6 Å². The summed E-state index contributed by atoms with van der Waals surface area (Å²) in [6.45, 7) is 0. The number of carboxylic acid groups (broad SMARTS) is 1. The number of carbonyl (C=O) groups is 2. The van der Waals surface area contributed by atoms with Crippen LogP contribution >= 0.6 is 0 Å². The maximum atomic E-state index is 13.8. The molecule has 0 atom stereocenters. The average molecular weight is 468 g/mol. The van der Waals surface area contributed by atoms with Crippen molar-refractivity contribution in [1.29, 1.82) is 0 Å². The van der Waals surface area contributed by atoms with Crippen molar-refractivity contribution < 1.29 is 28.2 Å².